The van der Waals surface area contributed by atoms with E-state index < -0.39 is 4.92 Å². The van der Waals surface area contributed by atoms with Crippen molar-refractivity contribution in [1.29, 1.82) is 0 Å². The van der Waals surface area contributed by atoms with Crippen LogP contribution in [0.4, 0.5) is 5.69 Å². The molecule has 0 saturated heterocycles. The molecular formula is C19H19N5O3. The van der Waals surface area contributed by atoms with Crippen LogP contribution >= 0.6 is 0 Å². The number of likely N-dealkylation sites (N-methyl/N-ethyl adjacent to an activating group) is 1. The van der Waals surface area contributed by atoms with Gasteiger partial charge in [-0.3, -0.25) is 10.1 Å². The summed E-state index contributed by atoms with van der Waals surface area (Å²) in [5.41, 5.74) is 2.05. The van der Waals surface area contributed by atoms with Gasteiger partial charge in [-0.2, -0.15) is 4.98 Å². The highest BCUT2D eigenvalue weighted by molar-refractivity contribution is 5.66. The van der Waals surface area contributed by atoms with Gasteiger partial charge in [-0.05, 0) is 26.2 Å². The van der Waals surface area contributed by atoms with Crippen molar-refractivity contribution in [2.75, 3.05) is 27.2 Å². The van der Waals surface area contributed by atoms with Crippen molar-refractivity contribution in [2.24, 2.45) is 0 Å². The number of non-ortho nitro benzene ring substituents is 1. The molecule has 0 aliphatic heterocycles. The maximum atomic E-state index is 10.8. The Morgan fingerprint density at radius 3 is 2.33 bits per heavy atom. The van der Waals surface area contributed by atoms with E-state index in [1.54, 1.807) is 12.1 Å². The fraction of sp³-hybridized carbons (Fsp3) is 0.211. The number of rotatable bonds is 7. The van der Waals surface area contributed by atoms with E-state index in [1.807, 2.05) is 49.3 Å². The van der Waals surface area contributed by atoms with Crippen LogP contribution in [0.3, 0.4) is 0 Å². The molecule has 0 aliphatic rings. The lowest BCUT2D eigenvalue weighted by Gasteiger charge is -2.13. The molecule has 8 nitrogen and oxygen atoms in total. The van der Waals surface area contributed by atoms with Gasteiger partial charge in [-0.15, -0.1) is 10.2 Å². The average molecular weight is 365 g/mol. The molecule has 0 unspecified atom stereocenters. The lowest BCUT2D eigenvalue weighted by molar-refractivity contribution is -0.384. The molecule has 3 aromatic rings. The van der Waals surface area contributed by atoms with Crippen LogP contribution in [0.25, 0.3) is 22.6 Å². The Kier molecular flexibility index (Phi) is 5.68. The van der Waals surface area contributed by atoms with Crippen LogP contribution in [0.1, 0.15) is 0 Å². The lowest BCUT2D eigenvalue weighted by Crippen LogP contribution is -2.20. The van der Waals surface area contributed by atoms with E-state index in [4.69, 9.17) is 4.74 Å². The van der Waals surface area contributed by atoms with Crippen LogP contribution in [0.5, 0.6) is 5.88 Å². The molecule has 138 valence electrons. The third kappa shape index (κ3) is 4.62. The van der Waals surface area contributed by atoms with Gasteiger partial charge in [-0.25, -0.2) is 0 Å². The van der Waals surface area contributed by atoms with Gasteiger partial charge < -0.3 is 9.64 Å². The highest BCUT2D eigenvalue weighted by atomic mass is 16.6. The first-order valence-corrected chi connectivity index (χ1v) is 8.37. The summed E-state index contributed by atoms with van der Waals surface area (Å²) in [6, 6.07) is 15.6. The fourth-order valence-electron chi connectivity index (χ4n) is 2.37. The van der Waals surface area contributed by atoms with Gasteiger partial charge in [0.15, 0.2) is 11.5 Å². The van der Waals surface area contributed by atoms with Crippen molar-refractivity contribution >= 4 is 5.69 Å². The normalized spacial score (nSPS) is 10.8. The number of aromatic nitrogens is 3. The Morgan fingerprint density at radius 1 is 1.00 bits per heavy atom. The number of nitro groups is 1. The Bertz CT molecular complexity index is 914. The average Bonchev–Trinajstić information content (AvgIpc) is 2.68. The van der Waals surface area contributed by atoms with Gasteiger partial charge in [0.2, 0.25) is 5.88 Å². The summed E-state index contributed by atoms with van der Waals surface area (Å²) in [5, 5.41) is 19.3. The van der Waals surface area contributed by atoms with Crippen LogP contribution in [-0.2, 0) is 0 Å². The third-order valence-electron chi connectivity index (χ3n) is 3.82. The van der Waals surface area contributed by atoms with E-state index in [1.165, 1.54) is 12.1 Å². The quantitative estimate of drug-likeness (QED) is 0.469. The van der Waals surface area contributed by atoms with Crippen LogP contribution in [0, 0.1) is 10.1 Å². The Morgan fingerprint density at radius 2 is 1.70 bits per heavy atom. The summed E-state index contributed by atoms with van der Waals surface area (Å²) in [6.45, 7) is 1.18. The van der Waals surface area contributed by atoms with Crippen molar-refractivity contribution in [3.8, 4) is 28.5 Å². The molecule has 0 spiro atoms. The summed E-state index contributed by atoms with van der Waals surface area (Å²) in [6.07, 6.45) is 0. The van der Waals surface area contributed by atoms with Crippen molar-refractivity contribution in [1.82, 2.24) is 20.1 Å². The van der Waals surface area contributed by atoms with Gasteiger partial charge in [0.25, 0.3) is 5.69 Å². The molecule has 0 aliphatic carbocycles. The Labute approximate surface area is 156 Å². The molecule has 0 fully saturated rings. The minimum absolute atomic E-state index is 0.00933. The zero-order chi connectivity index (χ0) is 19.2. The van der Waals surface area contributed by atoms with Crippen molar-refractivity contribution in [3.05, 3.63) is 64.7 Å². The first-order chi connectivity index (χ1) is 13.0. The van der Waals surface area contributed by atoms with E-state index in [-0.39, 0.29) is 5.69 Å². The highest BCUT2D eigenvalue weighted by Crippen LogP contribution is 2.28. The summed E-state index contributed by atoms with van der Waals surface area (Å²) < 4.78 is 5.86. The SMILES string of the molecule is CN(C)CCOc1nc(-c2ccc([N+](=O)[O-])cc2)nnc1-c1ccccc1. The first kappa shape index (κ1) is 18.4. The summed E-state index contributed by atoms with van der Waals surface area (Å²) in [7, 11) is 3.92. The van der Waals surface area contributed by atoms with E-state index in [9.17, 15) is 10.1 Å². The number of hydrogen-bond acceptors (Lipinski definition) is 7. The van der Waals surface area contributed by atoms with Crippen LogP contribution in [0.2, 0.25) is 0 Å². The molecule has 1 aromatic heterocycles. The monoisotopic (exact) mass is 365 g/mol. The van der Waals surface area contributed by atoms with Crippen LogP contribution in [0.15, 0.2) is 54.6 Å². The molecule has 0 bridgehead atoms. The minimum atomic E-state index is -0.447. The maximum absolute atomic E-state index is 10.8. The van der Waals surface area contributed by atoms with Gasteiger partial charge in [-0.1, -0.05) is 30.3 Å². The first-order valence-electron chi connectivity index (χ1n) is 8.37. The number of benzene rings is 2. The molecule has 0 amide bonds. The molecule has 0 saturated carbocycles. The smallest absolute Gasteiger partial charge is 0.269 e. The molecule has 1 heterocycles. The van der Waals surface area contributed by atoms with Crippen molar-refractivity contribution in [2.45, 2.75) is 0 Å². The van der Waals surface area contributed by atoms with E-state index in [0.29, 0.717) is 29.6 Å². The van der Waals surface area contributed by atoms with E-state index in [2.05, 4.69) is 15.2 Å². The summed E-state index contributed by atoms with van der Waals surface area (Å²) in [5.74, 6) is 0.732. The van der Waals surface area contributed by atoms with Gasteiger partial charge in [0.1, 0.15) is 6.61 Å². The topological polar surface area (TPSA) is 94.3 Å². The molecule has 0 N–H and O–H groups in total. The fourth-order valence-corrected chi connectivity index (χ4v) is 2.37. The zero-order valence-corrected chi connectivity index (χ0v) is 15.1. The number of nitrogens with zero attached hydrogens (tertiary/aromatic N) is 5. The molecular weight excluding hydrogens is 346 g/mol. The standard InChI is InChI=1S/C19H19N5O3/c1-23(2)12-13-27-19-17(14-6-4-3-5-7-14)21-22-18(20-19)15-8-10-16(11-9-15)24(25)26/h3-11H,12-13H2,1-2H3. The summed E-state index contributed by atoms with van der Waals surface area (Å²) >= 11 is 0. The molecule has 27 heavy (non-hydrogen) atoms. The molecule has 0 atom stereocenters. The number of nitro benzene ring substituents is 1. The highest BCUT2D eigenvalue weighted by Gasteiger charge is 2.15. The molecule has 0 radical (unpaired) electrons. The van der Waals surface area contributed by atoms with Gasteiger partial charge >= 0.3 is 0 Å². The van der Waals surface area contributed by atoms with Crippen molar-refractivity contribution in [3.63, 3.8) is 0 Å². The number of hydrogen-bond donors (Lipinski definition) is 0. The van der Waals surface area contributed by atoms with Gasteiger partial charge in [0.05, 0.1) is 4.92 Å². The lowest BCUT2D eigenvalue weighted by atomic mass is 10.1. The summed E-state index contributed by atoms with van der Waals surface area (Å²) in [4.78, 5) is 16.9. The van der Waals surface area contributed by atoms with E-state index >= 15 is 0 Å². The Hall–Kier alpha value is -3.39. The maximum Gasteiger partial charge on any atom is 0.269 e. The second kappa shape index (κ2) is 8.33. The minimum Gasteiger partial charge on any atom is -0.475 e. The van der Waals surface area contributed by atoms with E-state index in [0.717, 1.165) is 12.1 Å². The van der Waals surface area contributed by atoms with Gasteiger partial charge in [0, 0.05) is 29.8 Å². The third-order valence-corrected chi connectivity index (χ3v) is 3.82. The predicted octanol–water partition coefficient (Wildman–Crippen LogP) is 3.05. The second-order valence-corrected chi connectivity index (χ2v) is 6.11. The Balaban J connectivity index is 1.95. The van der Waals surface area contributed by atoms with Crippen LogP contribution in [-0.4, -0.2) is 52.3 Å². The molecule has 3 rings (SSSR count). The van der Waals surface area contributed by atoms with Crippen LogP contribution < -0.4 is 4.74 Å². The van der Waals surface area contributed by atoms with Crippen molar-refractivity contribution < 1.29 is 9.66 Å². The molecule has 2 aromatic carbocycles. The molecule has 8 heteroatoms. The largest absolute Gasteiger partial charge is 0.475 e. The zero-order valence-electron chi connectivity index (χ0n) is 15.1. The number of ether oxygens (including phenoxy) is 1. The second-order valence-electron chi connectivity index (χ2n) is 6.11. The predicted molar refractivity (Wildman–Crippen MR) is 101 cm³/mol.